The predicted molar refractivity (Wildman–Crippen MR) is 48.5 cm³/mol. The molecule has 0 N–H and O–H groups in total. The lowest BCUT2D eigenvalue weighted by Gasteiger charge is -2.19. The summed E-state index contributed by atoms with van der Waals surface area (Å²) in [5.41, 5.74) is -0.122. The molecule has 0 bridgehead atoms. The van der Waals surface area contributed by atoms with Gasteiger partial charge in [-0.2, -0.15) is 0 Å². The maximum Gasteiger partial charge on any atom is 0.293 e. The number of ether oxygens (including phenoxy) is 3. The molecule has 0 aliphatic carbocycles. The number of rotatable bonds is 7. The van der Waals surface area contributed by atoms with Crippen molar-refractivity contribution in [3.63, 3.8) is 0 Å². The lowest BCUT2D eigenvalue weighted by atomic mass is 10.2. The summed E-state index contributed by atoms with van der Waals surface area (Å²) in [6, 6.07) is 0. The number of carbonyl (C=O) groups excluding carboxylic acids is 1. The van der Waals surface area contributed by atoms with Crippen LogP contribution in [0.2, 0.25) is 0 Å². The summed E-state index contributed by atoms with van der Waals surface area (Å²) in [6.45, 7) is 8.19. The molecule has 0 aliphatic rings. The number of hydrogen-bond acceptors (Lipinski definition) is 4. The van der Waals surface area contributed by atoms with Gasteiger partial charge < -0.3 is 14.2 Å². The van der Waals surface area contributed by atoms with E-state index in [2.05, 4.69) is 4.74 Å². The van der Waals surface area contributed by atoms with Crippen molar-refractivity contribution in [2.24, 2.45) is 0 Å². The van der Waals surface area contributed by atoms with Gasteiger partial charge in [0.25, 0.3) is 6.47 Å². The van der Waals surface area contributed by atoms with Crippen LogP contribution in [-0.2, 0) is 19.0 Å². The standard InChI is InChI=1S/C9H18O4/c1-9(2,3)13-7-6-11-4-5-12-8-10/h8H,4-7H2,1-3H3. The highest BCUT2D eigenvalue weighted by Crippen LogP contribution is 2.05. The van der Waals surface area contributed by atoms with Crippen molar-refractivity contribution < 1.29 is 19.0 Å². The molecule has 0 spiro atoms. The Bertz CT molecular complexity index is 128. The smallest absolute Gasteiger partial charge is 0.293 e. The normalized spacial score (nSPS) is 11.3. The van der Waals surface area contributed by atoms with Gasteiger partial charge in [-0.25, -0.2) is 0 Å². The highest BCUT2D eigenvalue weighted by Gasteiger charge is 2.08. The average molecular weight is 190 g/mol. The first-order valence-electron chi connectivity index (χ1n) is 4.33. The van der Waals surface area contributed by atoms with Crippen LogP contribution in [0.15, 0.2) is 0 Å². The molecule has 13 heavy (non-hydrogen) atoms. The summed E-state index contributed by atoms with van der Waals surface area (Å²) < 4.78 is 15.0. The third-order valence-corrected chi connectivity index (χ3v) is 1.18. The highest BCUT2D eigenvalue weighted by molar-refractivity contribution is 5.36. The van der Waals surface area contributed by atoms with Gasteiger partial charge >= 0.3 is 0 Å². The molecule has 0 aromatic heterocycles. The summed E-state index contributed by atoms with van der Waals surface area (Å²) in [5, 5.41) is 0. The molecular formula is C9H18O4. The summed E-state index contributed by atoms with van der Waals surface area (Å²) in [6.07, 6.45) is 0. The highest BCUT2D eigenvalue weighted by atomic mass is 16.6. The van der Waals surface area contributed by atoms with E-state index < -0.39 is 0 Å². The summed E-state index contributed by atoms with van der Waals surface area (Å²) in [7, 11) is 0. The van der Waals surface area contributed by atoms with Gasteiger partial charge in [0.1, 0.15) is 6.61 Å². The molecule has 0 unspecified atom stereocenters. The Labute approximate surface area is 79.2 Å². The van der Waals surface area contributed by atoms with Gasteiger partial charge in [0.05, 0.1) is 25.4 Å². The average Bonchev–Trinajstić information content (AvgIpc) is 2.01. The van der Waals surface area contributed by atoms with Gasteiger partial charge in [0, 0.05) is 0 Å². The summed E-state index contributed by atoms with van der Waals surface area (Å²) >= 11 is 0. The van der Waals surface area contributed by atoms with E-state index in [9.17, 15) is 4.79 Å². The molecule has 78 valence electrons. The van der Waals surface area contributed by atoms with Crippen LogP contribution in [0.4, 0.5) is 0 Å². The quantitative estimate of drug-likeness (QED) is 0.443. The van der Waals surface area contributed by atoms with Crippen LogP contribution in [0.25, 0.3) is 0 Å². The maximum atomic E-state index is 9.72. The van der Waals surface area contributed by atoms with Gasteiger partial charge in [0.2, 0.25) is 0 Å². The Morgan fingerprint density at radius 1 is 1.08 bits per heavy atom. The molecule has 0 aromatic rings. The zero-order valence-corrected chi connectivity index (χ0v) is 8.54. The van der Waals surface area contributed by atoms with E-state index in [0.717, 1.165) is 0 Å². The van der Waals surface area contributed by atoms with Crippen LogP contribution in [0.1, 0.15) is 20.8 Å². The Morgan fingerprint density at radius 2 is 1.69 bits per heavy atom. The van der Waals surface area contributed by atoms with Crippen LogP contribution < -0.4 is 0 Å². The van der Waals surface area contributed by atoms with Crippen molar-refractivity contribution in [1.29, 1.82) is 0 Å². The van der Waals surface area contributed by atoms with Crippen molar-refractivity contribution in [1.82, 2.24) is 0 Å². The molecular weight excluding hydrogens is 172 g/mol. The third-order valence-electron chi connectivity index (χ3n) is 1.18. The van der Waals surface area contributed by atoms with Gasteiger partial charge in [-0.3, -0.25) is 4.79 Å². The first-order valence-corrected chi connectivity index (χ1v) is 4.33. The van der Waals surface area contributed by atoms with Crippen molar-refractivity contribution in [3.05, 3.63) is 0 Å². The van der Waals surface area contributed by atoms with Crippen molar-refractivity contribution in [2.45, 2.75) is 26.4 Å². The van der Waals surface area contributed by atoms with E-state index in [1.54, 1.807) is 0 Å². The van der Waals surface area contributed by atoms with Crippen molar-refractivity contribution in [3.8, 4) is 0 Å². The Morgan fingerprint density at radius 3 is 2.23 bits per heavy atom. The summed E-state index contributed by atoms with van der Waals surface area (Å²) in [5.74, 6) is 0. The molecule has 4 heteroatoms. The number of carbonyl (C=O) groups is 1. The van der Waals surface area contributed by atoms with E-state index in [0.29, 0.717) is 32.9 Å². The fourth-order valence-corrected chi connectivity index (χ4v) is 0.664. The lowest BCUT2D eigenvalue weighted by Crippen LogP contribution is -2.22. The molecule has 0 saturated heterocycles. The van der Waals surface area contributed by atoms with E-state index in [4.69, 9.17) is 9.47 Å². The van der Waals surface area contributed by atoms with Gasteiger partial charge in [-0.1, -0.05) is 0 Å². The minimum Gasteiger partial charge on any atom is -0.465 e. The van der Waals surface area contributed by atoms with Crippen LogP contribution in [0.3, 0.4) is 0 Å². The third kappa shape index (κ3) is 11.4. The molecule has 0 atom stereocenters. The van der Waals surface area contributed by atoms with Gasteiger partial charge in [-0.05, 0) is 20.8 Å². The lowest BCUT2D eigenvalue weighted by molar-refractivity contribution is -0.130. The Kier molecular flexibility index (Phi) is 6.54. The van der Waals surface area contributed by atoms with Crippen LogP contribution in [-0.4, -0.2) is 38.5 Å². The first kappa shape index (κ1) is 12.4. The first-order chi connectivity index (χ1) is 6.06. The van der Waals surface area contributed by atoms with E-state index in [1.807, 2.05) is 20.8 Å². The monoisotopic (exact) mass is 190 g/mol. The second-order valence-electron chi connectivity index (χ2n) is 3.54. The molecule has 0 amide bonds. The van der Waals surface area contributed by atoms with Gasteiger partial charge in [-0.15, -0.1) is 0 Å². The second kappa shape index (κ2) is 6.86. The Hall–Kier alpha value is -0.610. The van der Waals surface area contributed by atoms with Gasteiger partial charge in [0.15, 0.2) is 0 Å². The fraction of sp³-hybridized carbons (Fsp3) is 0.889. The predicted octanol–water partition coefficient (Wildman–Crippen LogP) is 0.991. The second-order valence-corrected chi connectivity index (χ2v) is 3.54. The van der Waals surface area contributed by atoms with Crippen LogP contribution in [0.5, 0.6) is 0 Å². The minimum absolute atomic E-state index is 0.122. The molecule has 0 rings (SSSR count). The van der Waals surface area contributed by atoms with Crippen molar-refractivity contribution >= 4 is 6.47 Å². The molecule has 0 fully saturated rings. The van der Waals surface area contributed by atoms with Crippen LogP contribution >= 0.6 is 0 Å². The van der Waals surface area contributed by atoms with E-state index in [-0.39, 0.29) is 5.60 Å². The fourth-order valence-electron chi connectivity index (χ4n) is 0.664. The van der Waals surface area contributed by atoms with Crippen molar-refractivity contribution in [2.75, 3.05) is 26.4 Å². The maximum absolute atomic E-state index is 9.72. The SMILES string of the molecule is CC(C)(C)OCCOCCOC=O. The van der Waals surface area contributed by atoms with Crippen LogP contribution in [0, 0.1) is 0 Å². The molecule has 0 saturated carbocycles. The van der Waals surface area contributed by atoms with E-state index in [1.165, 1.54) is 0 Å². The largest absolute Gasteiger partial charge is 0.465 e. The molecule has 0 aliphatic heterocycles. The topological polar surface area (TPSA) is 44.8 Å². The molecule has 0 radical (unpaired) electrons. The van der Waals surface area contributed by atoms with E-state index >= 15 is 0 Å². The molecule has 0 aromatic carbocycles. The Balaban J connectivity index is 3.04. The zero-order valence-electron chi connectivity index (χ0n) is 8.54. The zero-order chi connectivity index (χ0) is 10.2. The molecule has 4 nitrogen and oxygen atoms in total. The summed E-state index contributed by atoms with van der Waals surface area (Å²) in [4.78, 5) is 9.72. The minimum atomic E-state index is -0.122. The molecule has 0 heterocycles. The number of hydrogen-bond donors (Lipinski definition) is 0.